The molecular formula is C21H18F3N3O5S. The number of alkyl halides is 3. The normalized spacial score (nSPS) is 15.4. The molecule has 8 nitrogen and oxygen atoms in total. The van der Waals surface area contributed by atoms with Crippen molar-refractivity contribution in [1.82, 2.24) is 4.98 Å². The van der Waals surface area contributed by atoms with Crippen LogP contribution < -0.4 is 13.9 Å². The summed E-state index contributed by atoms with van der Waals surface area (Å²) in [6.07, 6.45) is -3.41. The molecule has 1 aromatic heterocycles. The molecule has 33 heavy (non-hydrogen) atoms. The van der Waals surface area contributed by atoms with Crippen LogP contribution >= 0.6 is 0 Å². The molecule has 12 heteroatoms. The van der Waals surface area contributed by atoms with E-state index in [1.54, 1.807) is 6.92 Å². The fourth-order valence-corrected chi connectivity index (χ4v) is 4.98. The number of fused-ring (bicyclic) bond motifs is 1. The van der Waals surface area contributed by atoms with Gasteiger partial charge in [-0.15, -0.1) is 0 Å². The summed E-state index contributed by atoms with van der Waals surface area (Å²) in [6.45, 7) is 1.45. The first-order chi connectivity index (χ1) is 15.5. The maximum Gasteiger partial charge on any atom is 0.416 e. The molecule has 2 aromatic carbocycles. The molecule has 4 rings (SSSR count). The summed E-state index contributed by atoms with van der Waals surface area (Å²) in [5, 5.41) is 0. The number of amides is 1. The molecule has 0 fully saturated rings. The van der Waals surface area contributed by atoms with Gasteiger partial charge >= 0.3 is 6.18 Å². The Kier molecular flexibility index (Phi) is 5.56. The van der Waals surface area contributed by atoms with Crippen molar-refractivity contribution < 1.29 is 35.5 Å². The predicted octanol–water partition coefficient (Wildman–Crippen LogP) is 3.87. The topological polar surface area (TPSA) is 93.0 Å². The second kappa shape index (κ2) is 8.10. The van der Waals surface area contributed by atoms with Gasteiger partial charge < -0.3 is 14.1 Å². The van der Waals surface area contributed by atoms with E-state index in [0.29, 0.717) is 5.76 Å². The highest BCUT2D eigenvalue weighted by Crippen LogP contribution is 2.36. The minimum atomic E-state index is -4.54. The maximum absolute atomic E-state index is 13.4. The van der Waals surface area contributed by atoms with Gasteiger partial charge in [-0.1, -0.05) is 0 Å². The fourth-order valence-electron chi connectivity index (χ4n) is 3.37. The van der Waals surface area contributed by atoms with E-state index in [-0.39, 0.29) is 40.9 Å². The number of ether oxygens (including phenoxy) is 1. The van der Waals surface area contributed by atoms with E-state index < -0.39 is 27.7 Å². The number of aromatic nitrogens is 1. The minimum Gasteiger partial charge on any atom is -0.490 e. The summed E-state index contributed by atoms with van der Waals surface area (Å²) in [5.74, 6) is -0.120. The zero-order chi connectivity index (χ0) is 24.0. The monoisotopic (exact) mass is 481 g/mol. The zero-order valence-electron chi connectivity index (χ0n) is 17.5. The number of nitrogens with zero attached hydrogens (tertiary/aromatic N) is 3. The number of anilines is 2. The molecule has 0 atom stereocenters. The highest BCUT2D eigenvalue weighted by Gasteiger charge is 2.34. The number of rotatable bonds is 3. The number of halogens is 3. The molecule has 0 spiro atoms. The lowest BCUT2D eigenvalue weighted by molar-refractivity contribution is -0.137. The third-order valence-corrected chi connectivity index (χ3v) is 7.02. The highest BCUT2D eigenvalue weighted by molar-refractivity contribution is 7.93. The molecule has 0 aliphatic carbocycles. The summed E-state index contributed by atoms with van der Waals surface area (Å²) >= 11 is 0. The first-order valence-corrected chi connectivity index (χ1v) is 11.1. The summed E-state index contributed by atoms with van der Waals surface area (Å²) in [7, 11) is -2.76. The third-order valence-electron chi connectivity index (χ3n) is 5.17. The lowest BCUT2D eigenvalue weighted by atomic mass is 10.2. The van der Waals surface area contributed by atoms with Crippen LogP contribution in [0.3, 0.4) is 0 Å². The number of benzene rings is 2. The second-order valence-electron chi connectivity index (χ2n) is 7.22. The van der Waals surface area contributed by atoms with Gasteiger partial charge in [0.05, 0.1) is 17.8 Å². The van der Waals surface area contributed by atoms with Gasteiger partial charge in [-0.05, 0) is 49.4 Å². The Morgan fingerprint density at radius 2 is 1.85 bits per heavy atom. The van der Waals surface area contributed by atoms with Gasteiger partial charge in [0.1, 0.15) is 23.0 Å². The molecule has 1 aliphatic heterocycles. The van der Waals surface area contributed by atoms with Gasteiger partial charge in [-0.2, -0.15) is 13.2 Å². The van der Waals surface area contributed by atoms with Gasteiger partial charge in [0.2, 0.25) is 0 Å². The Labute approximate surface area is 187 Å². The first kappa shape index (κ1) is 22.6. The Balaban J connectivity index is 1.71. The van der Waals surface area contributed by atoms with Crippen molar-refractivity contribution in [3.05, 3.63) is 65.9 Å². The average molecular weight is 481 g/mol. The van der Waals surface area contributed by atoms with Crippen LogP contribution in [-0.2, 0) is 16.2 Å². The number of aryl methyl sites for hydroxylation is 1. The Morgan fingerprint density at radius 3 is 2.45 bits per heavy atom. The van der Waals surface area contributed by atoms with E-state index in [2.05, 4.69) is 4.98 Å². The Hall–Kier alpha value is -3.54. The highest BCUT2D eigenvalue weighted by atomic mass is 32.2. The second-order valence-corrected chi connectivity index (χ2v) is 9.05. The largest absolute Gasteiger partial charge is 0.490 e. The number of hydrogen-bond donors (Lipinski definition) is 0. The third kappa shape index (κ3) is 4.13. The molecule has 0 saturated heterocycles. The summed E-state index contributed by atoms with van der Waals surface area (Å²) in [5.41, 5.74) is -0.492. The molecular weight excluding hydrogens is 463 g/mol. The van der Waals surface area contributed by atoms with Gasteiger partial charge in [0, 0.05) is 12.7 Å². The van der Waals surface area contributed by atoms with Crippen LogP contribution in [0.1, 0.15) is 21.8 Å². The molecule has 0 unspecified atom stereocenters. The zero-order valence-corrected chi connectivity index (χ0v) is 18.3. The van der Waals surface area contributed by atoms with Gasteiger partial charge in [-0.25, -0.2) is 13.4 Å². The standard InChI is InChI=1S/C21H18F3N3O5S/c1-13-19(25-12-32-13)20(28)26(2)16-7-8-17-18(11-16)33(29,30)27(9-10-31-17)15-5-3-14(4-6-15)21(22,23)24/h3-8,11-12H,9-10H2,1-2H3. The van der Waals surface area contributed by atoms with Crippen LogP contribution in [0.25, 0.3) is 0 Å². The number of carbonyl (C=O) groups is 1. The van der Waals surface area contributed by atoms with E-state index in [1.165, 1.54) is 30.1 Å². The van der Waals surface area contributed by atoms with Crippen molar-refractivity contribution >= 4 is 27.3 Å². The summed E-state index contributed by atoms with van der Waals surface area (Å²) < 4.78 is 77.1. The van der Waals surface area contributed by atoms with Crippen molar-refractivity contribution in [3.8, 4) is 5.75 Å². The van der Waals surface area contributed by atoms with E-state index >= 15 is 0 Å². The number of sulfonamides is 1. The molecule has 0 N–H and O–H groups in total. The van der Waals surface area contributed by atoms with Crippen LogP contribution in [-0.4, -0.2) is 39.5 Å². The predicted molar refractivity (Wildman–Crippen MR) is 112 cm³/mol. The number of carbonyl (C=O) groups excluding carboxylic acids is 1. The number of oxazole rings is 1. The van der Waals surface area contributed by atoms with Gasteiger partial charge in [-0.3, -0.25) is 9.10 Å². The van der Waals surface area contributed by atoms with Crippen molar-refractivity contribution in [2.24, 2.45) is 0 Å². The van der Waals surface area contributed by atoms with Crippen LogP contribution in [0, 0.1) is 6.92 Å². The van der Waals surface area contributed by atoms with E-state index in [1.807, 2.05) is 0 Å². The first-order valence-electron chi connectivity index (χ1n) is 9.65. The van der Waals surface area contributed by atoms with Gasteiger partial charge in [0.15, 0.2) is 12.1 Å². The van der Waals surface area contributed by atoms with Crippen LogP contribution in [0.15, 0.2) is 58.2 Å². The molecule has 0 radical (unpaired) electrons. The van der Waals surface area contributed by atoms with Crippen molar-refractivity contribution in [2.45, 2.75) is 18.0 Å². The van der Waals surface area contributed by atoms with Gasteiger partial charge in [0.25, 0.3) is 15.9 Å². The Morgan fingerprint density at radius 1 is 1.15 bits per heavy atom. The van der Waals surface area contributed by atoms with Crippen LogP contribution in [0.2, 0.25) is 0 Å². The lowest BCUT2D eigenvalue weighted by Crippen LogP contribution is -2.32. The minimum absolute atomic E-state index is 0.0144. The summed E-state index contributed by atoms with van der Waals surface area (Å²) in [6, 6.07) is 8.06. The molecule has 174 valence electrons. The SMILES string of the molecule is Cc1ocnc1C(=O)N(C)c1ccc2c(c1)S(=O)(=O)N(c1ccc(C(F)(F)F)cc1)CCO2. The molecule has 0 bridgehead atoms. The smallest absolute Gasteiger partial charge is 0.416 e. The molecule has 1 amide bonds. The lowest BCUT2D eigenvalue weighted by Gasteiger charge is -2.23. The van der Waals surface area contributed by atoms with Crippen LogP contribution in [0.4, 0.5) is 24.5 Å². The van der Waals surface area contributed by atoms with Crippen molar-refractivity contribution in [3.63, 3.8) is 0 Å². The van der Waals surface area contributed by atoms with E-state index in [9.17, 15) is 26.4 Å². The maximum atomic E-state index is 13.4. The molecule has 3 aromatic rings. The summed E-state index contributed by atoms with van der Waals surface area (Å²) in [4.78, 5) is 17.6. The molecule has 2 heterocycles. The Bertz CT molecular complexity index is 1300. The molecule has 0 saturated carbocycles. The molecule has 1 aliphatic rings. The van der Waals surface area contributed by atoms with Crippen molar-refractivity contribution in [1.29, 1.82) is 0 Å². The number of hydrogen-bond acceptors (Lipinski definition) is 6. The average Bonchev–Trinajstić information content (AvgIpc) is 3.15. The van der Waals surface area contributed by atoms with E-state index in [0.717, 1.165) is 35.0 Å². The van der Waals surface area contributed by atoms with Crippen molar-refractivity contribution in [2.75, 3.05) is 29.4 Å². The fraction of sp³-hybridized carbons (Fsp3) is 0.238. The quantitative estimate of drug-likeness (QED) is 0.564. The van der Waals surface area contributed by atoms with E-state index in [4.69, 9.17) is 9.15 Å². The van der Waals surface area contributed by atoms with Crippen LogP contribution in [0.5, 0.6) is 5.75 Å².